The van der Waals surface area contributed by atoms with Crippen LogP contribution < -0.4 is 19.6 Å². The summed E-state index contributed by atoms with van der Waals surface area (Å²) in [6, 6.07) is 19.6. The molecule has 0 aliphatic heterocycles. The minimum atomic E-state index is -0.172. The maximum Gasteiger partial charge on any atom is 0.193 e. The van der Waals surface area contributed by atoms with Crippen LogP contribution in [0.3, 0.4) is 0 Å². The first-order valence-electron chi connectivity index (χ1n) is 9.84. The molecule has 0 aliphatic rings. The smallest absolute Gasteiger partial charge is 0.193 e. The molecule has 0 spiro atoms. The Kier molecular flexibility index (Phi) is 6.14. The highest BCUT2D eigenvalue weighted by atomic mass is 35.5. The minimum Gasteiger partial charge on any atom is -0.497 e. The molecule has 0 atom stereocenters. The molecule has 0 aliphatic carbocycles. The van der Waals surface area contributed by atoms with Crippen LogP contribution in [0.15, 0.2) is 75.9 Å². The molecular weight excluding hydrogens is 416 g/mol. The molecule has 31 heavy (non-hydrogen) atoms. The molecule has 5 nitrogen and oxygen atoms in total. The van der Waals surface area contributed by atoms with Crippen molar-refractivity contribution in [2.75, 3.05) is 13.7 Å². The van der Waals surface area contributed by atoms with Gasteiger partial charge in [0, 0.05) is 12.1 Å². The molecule has 4 rings (SSSR count). The van der Waals surface area contributed by atoms with E-state index in [1.54, 1.807) is 31.4 Å². The summed E-state index contributed by atoms with van der Waals surface area (Å²) in [5.41, 5.74) is 1.78. The van der Waals surface area contributed by atoms with E-state index in [0.717, 1.165) is 11.3 Å². The second-order valence-corrected chi connectivity index (χ2v) is 7.23. The normalized spacial score (nSPS) is 10.8. The average Bonchev–Trinajstić information content (AvgIpc) is 2.79. The predicted molar refractivity (Wildman–Crippen MR) is 121 cm³/mol. The van der Waals surface area contributed by atoms with E-state index in [2.05, 4.69) is 0 Å². The molecule has 1 heterocycles. The van der Waals surface area contributed by atoms with E-state index in [-0.39, 0.29) is 5.43 Å². The Bertz CT molecular complexity index is 1260. The van der Waals surface area contributed by atoms with Gasteiger partial charge in [-0.05, 0) is 48.9 Å². The van der Waals surface area contributed by atoms with Crippen LogP contribution in [0, 0.1) is 0 Å². The maximum absolute atomic E-state index is 12.6. The van der Waals surface area contributed by atoms with Crippen LogP contribution in [0.2, 0.25) is 5.02 Å². The lowest BCUT2D eigenvalue weighted by Crippen LogP contribution is -2.02. The maximum atomic E-state index is 12.6. The van der Waals surface area contributed by atoms with E-state index in [9.17, 15) is 4.79 Å². The highest BCUT2D eigenvalue weighted by molar-refractivity contribution is 6.34. The monoisotopic (exact) mass is 436 g/mol. The summed E-state index contributed by atoms with van der Waals surface area (Å²) in [4.78, 5) is 12.6. The summed E-state index contributed by atoms with van der Waals surface area (Å²) < 4.78 is 22.9. The van der Waals surface area contributed by atoms with E-state index < -0.39 is 0 Å². The Hall–Kier alpha value is -3.44. The number of methoxy groups -OCH3 is 1. The number of benzene rings is 3. The van der Waals surface area contributed by atoms with Gasteiger partial charge in [-0.25, -0.2) is 0 Å². The Morgan fingerprint density at radius 1 is 0.935 bits per heavy atom. The van der Waals surface area contributed by atoms with Crippen LogP contribution >= 0.6 is 11.6 Å². The van der Waals surface area contributed by atoms with Crippen molar-refractivity contribution in [3.63, 3.8) is 0 Å². The van der Waals surface area contributed by atoms with Gasteiger partial charge >= 0.3 is 0 Å². The fourth-order valence-corrected chi connectivity index (χ4v) is 3.45. The standard InChI is InChI=1S/C25H21ClO5/c1-3-29-18-11-12-20(23(13-18)30-15-16-7-9-17(28-2)10-8-16)24-14-22(27)19-5-4-6-21(26)25(19)31-24/h4-14H,3,15H2,1-2H3. The molecule has 0 unspecified atom stereocenters. The second kappa shape index (κ2) is 9.14. The van der Waals surface area contributed by atoms with E-state index in [1.165, 1.54) is 6.07 Å². The molecule has 0 fully saturated rings. The summed E-state index contributed by atoms with van der Waals surface area (Å²) in [6.45, 7) is 2.76. The molecule has 3 aromatic carbocycles. The van der Waals surface area contributed by atoms with Gasteiger partial charge in [-0.1, -0.05) is 29.8 Å². The summed E-state index contributed by atoms with van der Waals surface area (Å²) in [6.07, 6.45) is 0. The number of para-hydroxylation sites is 1. The van der Waals surface area contributed by atoms with Crippen molar-refractivity contribution in [3.05, 3.63) is 87.5 Å². The summed E-state index contributed by atoms with van der Waals surface area (Å²) in [5, 5.41) is 0.811. The molecule has 0 N–H and O–H groups in total. The van der Waals surface area contributed by atoms with Crippen molar-refractivity contribution in [2.24, 2.45) is 0 Å². The van der Waals surface area contributed by atoms with Gasteiger partial charge in [0.05, 0.1) is 29.7 Å². The fraction of sp³-hybridized carbons (Fsp3) is 0.160. The van der Waals surface area contributed by atoms with Crippen molar-refractivity contribution in [1.82, 2.24) is 0 Å². The first kappa shape index (κ1) is 20.8. The van der Waals surface area contributed by atoms with Crippen molar-refractivity contribution in [2.45, 2.75) is 13.5 Å². The molecule has 4 aromatic rings. The van der Waals surface area contributed by atoms with E-state index in [0.29, 0.717) is 52.0 Å². The van der Waals surface area contributed by atoms with Gasteiger partial charge in [-0.15, -0.1) is 0 Å². The zero-order valence-electron chi connectivity index (χ0n) is 17.2. The van der Waals surface area contributed by atoms with E-state index in [4.69, 9.17) is 30.2 Å². The molecule has 1 aromatic heterocycles. The van der Waals surface area contributed by atoms with Crippen LogP contribution in [-0.4, -0.2) is 13.7 Å². The van der Waals surface area contributed by atoms with Crippen molar-refractivity contribution in [1.29, 1.82) is 0 Å². The first-order valence-corrected chi connectivity index (χ1v) is 10.2. The highest BCUT2D eigenvalue weighted by Crippen LogP contribution is 2.35. The topological polar surface area (TPSA) is 57.9 Å². The summed E-state index contributed by atoms with van der Waals surface area (Å²) >= 11 is 6.27. The minimum absolute atomic E-state index is 0.172. The van der Waals surface area contributed by atoms with Crippen molar-refractivity contribution < 1.29 is 18.6 Å². The lowest BCUT2D eigenvalue weighted by atomic mass is 10.1. The van der Waals surface area contributed by atoms with Gasteiger partial charge in [-0.2, -0.15) is 0 Å². The lowest BCUT2D eigenvalue weighted by molar-refractivity contribution is 0.300. The first-order chi connectivity index (χ1) is 15.1. The van der Waals surface area contributed by atoms with Gasteiger partial charge in [-0.3, -0.25) is 4.79 Å². The number of fused-ring (bicyclic) bond motifs is 1. The SMILES string of the molecule is CCOc1ccc(-c2cc(=O)c3cccc(Cl)c3o2)c(OCc2ccc(OC)cc2)c1. The molecule has 0 saturated carbocycles. The summed E-state index contributed by atoms with van der Waals surface area (Å²) in [5.74, 6) is 2.35. The molecule has 158 valence electrons. The number of rotatable bonds is 7. The Morgan fingerprint density at radius 2 is 1.71 bits per heavy atom. The number of halogens is 1. The molecule has 0 amide bonds. The van der Waals surface area contributed by atoms with Gasteiger partial charge in [0.15, 0.2) is 11.0 Å². The number of hydrogen-bond acceptors (Lipinski definition) is 5. The summed E-state index contributed by atoms with van der Waals surface area (Å²) in [7, 11) is 1.63. The quantitative estimate of drug-likeness (QED) is 0.350. The molecule has 0 radical (unpaired) electrons. The van der Waals surface area contributed by atoms with Crippen molar-refractivity contribution in [3.8, 4) is 28.6 Å². The predicted octanol–water partition coefficient (Wildman–Crippen LogP) is 6.10. The zero-order valence-corrected chi connectivity index (χ0v) is 17.9. The van der Waals surface area contributed by atoms with Crippen molar-refractivity contribution >= 4 is 22.6 Å². The van der Waals surface area contributed by atoms with Crippen LogP contribution in [0.4, 0.5) is 0 Å². The molecular formula is C25H21ClO5. The Balaban J connectivity index is 1.74. The third kappa shape index (κ3) is 4.52. The van der Waals surface area contributed by atoms with Gasteiger partial charge in [0.2, 0.25) is 0 Å². The number of ether oxygens (including phenoxy) is 3. The van der Waals surface area contributed by atoms with Gasteiger partial charge < -0.3 is 18.6 Å². The van der Waals surface area contributed by atoms with Gasteiger partial charge in [0.25, 0.3) is 0 Å². The molecule has 0 bridgehead atoms. The van der Waals surface area contributed by atoms with Crippen LogP contribution in [0.5, 0.6) is 17.2 Å². The zero-order chi connectivity index (χ0) is 21.8. The molecule has 0 saturated heterocycles. The average molecular weight is 437 g/mol. The number of hydrogen-bond donors (Lipinski definition) is 0. The Morgan fingerprint density at radius 3 is 2.45 bits per heavy atom. The third-order valence-corrected chi connectivity index (χ3v) is 5.09. The van der Waals surface area contributed by atoms with Crippen LogP contribution in [0.1, 0.15) is 12.5 Å². The second-order valence-electron chi connectivity index (χ2n) is 6.82. The van der Waals surface area contributed by atoms with Crippen LogP contribution in [0.25, 0.3) is 22.3 Å². The van der Waals surface area contributed by atoms with Gasteiger partial charge in [0.1, 0.15) is 29.6 Å². The lowest BCUT2D eigenvalue weighted by Gasteiger charge is -2.14. The highest BCUT2D eigenvalue weighted by Gasteiger charge is 2.15. The van der Waals surface area contributed by atoms with Crippen LogP contribution in [-0.2, 0) is 6.61 Å². The Labute approximate surface area is 184 Å². The molecule has 6 heteroatoms. The third-order valence-electron chi connectivity index (χ3n) is 4.79. The van der Waals surface area contributed by atoms with E-state index >= 15 is 0 Å². The van der Waals surface area contributed by atoms with E-state index in [1.807, 2.05) is 43.3 Å². The fourth-order valence-electron chi connectivity index (χ4n) is 3.24. The largest absolute Gasteiger partial charge is 0.497 e.